The molecule has 1 aliphatic heterocycles. The van der Waals surface area contributed by atoms with Crippen LogP contribution in [0.2, 0.25) is 0 Å². The number of hydrogen-bond donors (Lipinski definition) is 2. The molecule has 5 rings (SSSR count). The summed E-state index contributed by atoms with van der Waals surface area (Å²) in [7, 11) is 0. The summed E-state index contributed by atoms with van der Waals surface area (Å²) in [4.78, 5) is 13.3. The second-order valence-electron chi connectivity index (χ2n) is 7.82. The first kappa shape index (κ1) is 13.8. The fraction of sp³-hybridized carbons (Fsp3) is 0.875. The Kier molecular flexibility index (Phi) is 3.18. The van der Waals surface area contributed by atoms with Gasteiger partial charge in [0.15, 0.2) is 5.11 Å². The van der Waals surface area contributed by atoms with Gasteiger partial charge in [-0.2, -0.15) is 0 Å². The smallest absolute Gasteiger partial charge is 0.326 e. The molecule has 4 saturated carbocycles. The Labute approximate surface area is 131 Å². The van der Waals surface area contributed by atoms with Crippen molar-refractivity contribution in [2.45, 2.75) is 62.9 Å². The van der Waals surface area contributed by atoms with Crippen LogP contribution in [0.1, 0.15) is 51.4 Å². The molecule has 0 amide bonds. The Hall–Kier alpha value is -0.840. The van der Waals surface area contributed by atoms with Crippen LogP contribution in [0.5, 0.6) is 0 Å². The maximum absolute atomic E-state index is 11.4. The monoisotopic (exact) mass is 308 g/mol. The summed E-state index contributed by atoms with van der Waals surface area (Å²) >= 11 is 5.60. The summed E-state index contributed by atoms with van der Waals surface area (Å²) in [6.45, 7) is 0.787. The Morgan fingerprint density at radius 3 is 2.24 bits per heavy atom. The molecule has 4 aliphatic carbocycles. The first-order valence-corrected chi connectivity index (χ1v) is 8.77. The third-order valence-corrected chi connectivity index (χ3v) is 6.55. The van der Waals surface area contributed by atoms with E-state index in [0.29, 0.717) is 5.11 Å². The lowest BCUT2D eigenvalue weighted by atomic mass is 9.53. The zero-order valence-corrected chi connectivity index (χ0v) is 13.2. The van der Waals surface area contributed by atoms with Crippen LogP contribution in [0.4, 0.5) is 0 Å². The van der Waals surface area contributed by atoms with Gasteiger partial charge in [-0.3, -0.25) is 0 Å². The van der Waals surface area contributed by atoms with Crippen molar-refractivity contribution in [3.63, 3.8) is 0 Å². The van der Waals surface area contributed by atoms with Gasteiger partial charge in [-0.25, -0.2) is 4.79 Å². The highest BCUT2D eigenvalue weighted by atomic mass is 32.1. The first-order valence-electron chi connectivity index (χ1n) is 8.36. The van der Waals surface area contributed by atoms with Crippen LogP contribution in [0.25, 0.3) is 0 Å². The largest absolute Gasteiger partial charge is 0.480 e. The Balaban J connectivity index is 1.48. The van der Waals surface area contributed by atoms with E-state index in [1.807, 2.05) is 4.90 Å². The average Bonchev–Trinajstić information content (AvgIpc) is 2.85. The topological polar surface area (TPSA) is 52.6 Å². The third-order valence-electron chi connectivity index (χ3n) is 6.21. The van der Waals surface area contributed by atoms with Gasteiger partial charge in [0.25, 0.3) is 0 Å². The van der Waals surface area contributed by atoms with E-state index in [2.05, 4.69) is 5.32 Å². The van der Waals surface area contributed by atoms with Crippen molar-refractivity contribution in [3.8, 4) is 0 Å². The van der Waals surface area contributed by atoms with Gasteiger partial charge in [0.05, 0.1) is 0 Å². The molecule has 2 N–H and O–H groups in total. The number of carboxylic acids is 1. The minimum absolute atomic E-state index is 0.178. The molecule has 21 heavy (non-hydrogen) atoms. The molecule has 4 nitrogen and oxygen atoms in total. The summed E-state index contributed by atoms with van der Waals surface area (Å²) in [6, 6.07) is -0.418. The van der Waals surface area contributed by atoms with E-state index >= 15 is 0 Å². The fourth-order valence-corrected chi connectivity index (χ4v) is 6.26. The van der Waals surface area contributed by atoms with Gasteiger partial charge in [0.2, 0.25) is 0 Å². The number of nitrogens with zero attached hydrogens (tertiary/aromatic N) is 1. The minimum Gasteiger partial charge on any atom is -0.480 e. The van der Waals surface area contributed by atoms with Crippen molar-refractivity contribution in [2.24, 2.45) is 17.8 Å². The standard InChI is InChI=1S/C16H24N2O2S/c19-14(20)13-2-1-3-18(13)15(21)17-16-7-10-4-11(8-16)6-12(5-10)9-16/h10-13H,1-9H2,(H,17,21)(H,19,20). The van der Waals surface area contributed by atoms with E-state index < -0.39 is 12.0 Å². The molecule has 116 valence electrons. The molecule has 1 unspecified atom stereocenters. The summed E-state index contributed by atoms with van der Waals surface area (Å²) < 4.78 is 0. The molecule has 0 aromatic rings. The zero-order valence-electron chi connectivity index (χ0n) is 12.4. The molecule has 5 aliphatic rings. The maximum Gasteiger partial charge on any atom is 0.326 e. The second-order valence-corrected chi connectivity index (χ2v) is 8.20. The summed E-state index contributed by atoms with van der Waals surface area (Å²) in [5.74, 6) is 1.89. The van der Waals surface area contributed by atoms with Crippen molar-refractivity contribution < 1.29 is 9.90 Å². The van der Waals surface area contributed by atoms with Crippen molar-refractivity contribution in [3.05, 3.63) is 0 Å². The van der Waals surface area contributed by atoms with Crippen molar-refractivity contribution in [1.29, 1.82) is 0 Å². The number of carboxylic acid groups (broad SMARTS) is 1. The normalized spacial score (nSPS) is 44.1. The number of likely N-dealkylation sites (tertiary alicyclic amines) is 1. The lowest BCUT2D eigenvalue weighted by Gasteiger charge is -2.57. The van der Waals surface area contributed by atoms with Crippen LogP contribution in [-0.2, 0) is 4.79 Å². The van der Waals surface area contributed by atoms with E-state index in [4.69, 9.17) is 12.2 Å². The van der Waals surface area contributed by atoms with Gasteiger partial charge < -0.3 is 15.3 Å². The number of carbonyl (C=O) groups is 1. The zero-order chi connectivity index (χ0) is 14.6. The Morgan fingerprint density at radius 1 is 1.14 bits per heavy atom. The highest BCUT2D eigenvalue weighted by molar-refractivity contribution is 7.80. The first-order chi connectivity index (χ1) is 10.0. The Bertz CT molecular complexity index is 444. The predicted molar refractivity (Wildman–Crippen MR) is 84.0 cm³/mol. The maximum atomic E-state index is 11.4. The molecule has 1 saturated heterocycles. The van der Waals surface area contributed by atoms with Crippen LogP contribution in [0.3, 0.4) is 0 Å². The van der Waals surface area contributed by atoms with Crippen molar-refractivity contribution in [2.75, 3.05) is 6.54 Å². The van der Waals surface area contributed by atoms with Crippen LogP contribution >= 0.6 is 12.2 Å². The molecular weight excluding hydrogens is 284 g/mol. The highest BCUT2D eigenvalue weighted by Gasteiger charge is 2.51. The SMILES string of the molecule is O=C(O)C1CCCN1C(=S)NC12CC3CC(CC(C3)C1)C2. The fourth-order valence-electron chi connectivity index (χ4n) is 5.83. The molecule has 5 heteroatoms. The van der Waals surface area contributed by atoms with Gasteiger partial charge in [-0.05, 0) is 81.3 Å². The van der Waals surface area contributed by atoms with E-state index in [1.54, 1.807) is 0 Å². The van der Waals surface area contributed by atoms with Gasteiger partial charge in [-0.15, -0.1) is 0 Å². The average molecular weight is 308 g/mol. The number of aliphatic carboxylic acids is 1. The molecule has 4 bridgehead atoms. The lowest BCUT2D eigenvalue weighted by molar-refractivity contribution is -0.140. The van der Waals surface area contributed by atoms with Gasteiger partial charge in [-0.1, -0.05) is 0 Å². The van der Waals surface area contributed by atoms with Crippen molar-refractivity contribution >= 4 is 23.3 Å². The number of hydrogen-bond acceptors (Lipinski definition) is 2. The molecule has 0 radical (unpaired) electrons. The molecule has 0 aromatic heterocycles. The van der Waals surface area contributed by atoms with Crippen LogP contribution in [0.15, 0.2) is 0 Å². The molecule has 1 heterocycles. The van der Waals surface area contributed by atoms with Gasteiger partial charge in [0.1, 0.15) is 6.04 Å². The van der Waals surface area contributed by atoms with Gasteiger partial charge >= 0.3 is 5.97 Å². The molecule has 0 aromatic carbocycles. The Morgan fingerprint density at radius 2 is 1.71 bits per heavy atom. The van der Waals surface area contributed by atoms with Crippen LogP contribution < -0.4 is 5.32 Å². The molecule has 1 atom stereocenters. The van der Waals surface area contributed by atoms with E-state index in [9.17, 15) is 9.90 Å². The van der Waals surface area contributed by atoms with Crippen LogP contribution in [-0.4, -0.2) is 39.2 Å². The second kappa shape index (κ2) is 4.83. The minimum atomic E-state index is -0.734. The molecule has 5 fully saturated rings. The summed E-state index contributed by atoms with van der Waals surface area (Å²) in [5.41, 5.74) is 0.178. The third kappa shape index (κ3) is 2.33. The summed E-state index contributed by atoms with van der Waals surface area (Å²) in [5, 5.41) is 13.7. The number of rotatable bonds is 2. The van der Waals surface area contributed by atoms with Gasteiger partial charge in [0, 0.05) is 12.1 Å². The quantitative estimate of drug-likeness (QED) is 0.767. The van der Waals surface area contributed by atoms with E-state index in [1.165, 1.54) is 38.5 Å². The lowest BCUT2D eigenvalue weighted by Crippen LogP contribution is -2.62. The van der Waals surface area contributed by atoms with E-state index in [0.717, 1.165) is 37.1 Å². The van der Waals surface area contributed by atoms with E-state index in [-0.39, 0.29) is 5.54 Å². The van der Waals surface area contributed by atoms with Crippen LogP contribution in [0, 0.1) is 17.8 Å². The summed E-state index contributed by atoms with van der Waals surface area (Å²) in [6.07, 6.45) is 9.61. The van der Waals surface area contributed by atoms with Crippen molar-refractivity contribution in [1.82, 2.24) is 10.2 Å². The highest BCUT2D eigenvalue weighted by Crippen LogP contribution is 2.55. The number of thiocarbonyl (C=S) groups is 1. The molecular formula is C16H24N2O2S. The predicted octanol–water partition coefficient (Wildman–Crippen LogP) is 2.38. The molecule has 0 spiro atoms. The number of nitrogens with one attached hydrogen (secondary N) is 1.